The molecule has 14 heteroatoms. The molecule has 2 heterocycles. The fourth-order valence-electron chi connectivity index (χ4n) is 4.52. The number of halogens is 1. The molecule has 5 atom stereocenters. The highest BCUT2D eigenvalue weighted by atomic mass is 35.5. The molecule has 0 bridgehead atoms. The molecule has 0 aliphatic carbocycles. The Hall–Kier alpha value is -4.62. The van der Waals surface area contributed by atoms with Crippen LogP contribution in [0, 0.1) is 0 Å². The van der Waals surface area contributed by atoms with Crippen LogP contribution in [-0.4, -0.2) is 66.3 Å². The van der Waals surface area contributed by atoms with E-state index in [1.807, 2.05) is 0 Å². The van der Waals surface area contributed by atoms with Crippen molar-refractivity contribution in [1.82, 2.24) is 0 Å². The van der Waals surface area contributed by atoms with Crippen LogP contribution in [0.25, 0.3) is 22.1 Å². The van der Waals surface area contributed by atoms with E-state index >= 15 is 0 Å². The number of ether oxygens (including phenoxy) is 6. The van der Waals surface area contributed by atoms with Crippen molar-refractivity contribution in [1.29, 1.82) is 0 Å². The zero-order chi connectivity index (χ0) is 31.4. The van der Waals surface area contributed by atoms with Gasteiger partial charge in [0, 0.05) is 44.9 Å². The summed E-state index contributed by atoms with van der Waals surface area (Å²) >= 11 is 5.94. The minimum atomic E-state index is -1.56. The second kappa shape index (κ2) is 13.1. The summed E-state index contributed by atoms with van der Waals surface area (Å²) in [6.07, 6.45) is -5.93. The molecule has 1 aliphatic heterocycles. The first-order valence-corrected chi connectivity index (χ1v) is 13.2. The lowest BCUT2D eigenvalue weighted by Crippen LogP contribution is -2.63. The molecular formula is C29H27ClO13. The topological polar surface area (TPSA) is 174 Å². The minimum Gasteiger partial charge on any atom is -0.507 e. The van der Waals surface area contributed by atoms with Crippen molar-refractivity contribution in [3.05, 3.63) is 57.9 Å². The highest BCUT2D eigenvalue weighted by Crippen LogP contribution is 2.35. The van der Waals surface area contributed by atoms with E-state index in [1.165, 1.54) is 12.3 Å². The lowest BCUT2D eigenvalue weighted by Gasteiger charge is -2.43. The second-order valence-electron chi connectivity index (χ2n) is 9.49. The normalized spacial score (nSPS) is 21.5. The van der Waals surface area contributed by atoms with Crippen LogP contribution in [0.3, 0.4) is 0 Å². The molecule has 228 valence electrons. The summed E-state index contributed by atoms with van der Waals surface area (Å²) in [7, 11) is 0. The van der Waals surface area contributed by atoms with E-state index in [-0.39, 0.29) is 22.3 Å². The van der Waals surface area contributed by atoms with Crippen LogP contribution in [-0.2, 0) is 42.9 Å². The van der Waals surface area contributed by atoms with Gasteiger partial charge in [-0.05, 0) is 17.7 Å². The van der Waals surface area contributed by atoms with Crippen LogP contribution in [0.4, 0.5) is 0 Å². The maximum Gasteiger partial charge on any atom is 0.303 e. The van der Waals surface area contributed by atoms with Gasteiger partial charge in [-0.25, -0.2) is 0 Å². The molecule has 0 spiro atoms. The van der Waals surface area contributed by atoms with Gasteiger partial charge in [0.1, 0.15) is 41.4 Å². The number of esters is 4. The average molecular weight is 619 g/mol. The van der Waals surface area contributed by atoms with Gasteiger partial charge < -0.3 is 37.9 Å². The number of aromatic hydroxyl groups is 1. The van der Waals surface area contributed by atoms with Crippen LogP contribution in [0.15, 0.2) is 51.9 Å². The van der Waals surface area contributed by atoms with Crippen molar-refractivity contribution in [3.63, 3.8) is 0 Å². The van der Waals surface area contributed by atoms with E-state index in [1.54, 1.807) is 24.3 Å². The van der Waals surface area contributed by atoms with Crippen LogP contribution in [0.2, 0.25) is 5.02 Å². The zero-order valence-electron chi connectivity index (χ0n) is 23.4. The first-order valence-electron chi connectivity index (χ1n) is 12.9. The van der Waals surface area contributed by atoms with E-state index in [4.69, 9.17) is 44.4 Å². The SMILES string of the molecule is CC(=O)OC[C@H]1O[C@@H](Oc2cc(O)c3c(=O)c(-c4ccc(Cl)cc4)coc3c2)[C@H](OC(C)=O)[C@@H](OC(C)=O)[C@@H]1OC(C)=O. The van der Waals surface area contributed by atoms with E-state index in [0.717, 1.165) is 33.8 Å². The van der Waals surface area contributed by atoms with Crippen molar-refractivity contribution in [2.75, 3.05) is 6.61 Å². The van der Waals surface area contributed by atoms with Gasteiger partial charge in [-0.15, -0.1) is 0 Å². The van der Waals surface area contributed by atoms with Crippen molar-refractivity contribution < 1.29 is 57.1 Å². The Kier molecular flexibility index (Phi) is 9.56. The van der Waals surface area contributed by atoms with Gasteiger partial charge in [0.2, 0.25) is 17.8 Å². The number of rotatable bonds is 8. The lowest BCUT2D eigenvalue weighted by atomic mass is 9.98. The molecule has 3 aromatic rings. The van der Waals surface area contributed by atoms with Gasteiger partial charge in [0.25, 0.3) is 0 Å². The Bertz CT molecular complexity index is 1600. The standard InChI is InChI=1S/C29H27ClO13/c1-13(31)37-12-23-26(39-14(2)32)27(40-15(3)33)28(41-16(4)34)29(43-23)42-19-9-21(35)24-22(10-19)38-11-20(25(24)36)17-5-7-18(30)8-6-17/h5-11,23,26-29,35H,12H2,1-4H3/t23-,26-,27+,28-,29-/m1/s1. The molecule has 0 saturated carbocycles. The van der Waals surface area contributed by atoms with Crippen LogP contribution < -0.4 is 10.2 Å². The summed E-state index contributed by atoms with van der Waals surface area (Å²) < 4.78 is 38.6. The highest BCUT2D eigenvalue weighted by molar-refractivity contribution is 6.30. The first-order chi connectivity index (χ1) is 20.3. The van der Waals surface area contributed by atoms with Crippen LogP contribution in [0.5, 0.6) is 11.5 Å². The number of phenolic OH excluding ortho intramolecular Hbond substituents is 1. The summed E-state index contributed by atoms with van der Waals surface area (Å²) in [5, 5.41) is 11.2. The first kappa shape index (κ1) is 31.3. The molecule has 1 saturated heterocycles. The monoisotopic (exact) mass is 618 g/mol. The Morgan fingerprint density at radius 2 is 1.47 bits per heavy atom. The van der Waals surface area contributed by atoms with Crippen molar-refractivity contribution >= 4 is 46.4 Å². The summed E-state index contributed by atoms with van der Waals surface area (Å²) in [6.45, 7) is 3.96. The summed E-state index contributed by atoms with van der Waals surface area (Å²) in [5.74, 6) is -3.70. The minimum absolute atomic E-state index is 0.0525. The number of phenols is 1. The Morgan fingerprint density at radius 3 is 2.07 bits per heavy atom. The van der Waals surface area contributed by atoms with E-state index in [9.17, 15) is 29.1 Å². The maximum absolute atomic E-state index is 13.2. The number of carbonyl (C=O) groups is 4. The van der Waals surface area contributed by atoms with Crippen LogP contribution >= 0.6 is 11.6 Å². The molecule has 0 radical (unpaired) electrons. The van der Waals surface area contributed by atoms with Gasteiger partial charge in [0.15, 0.2) is 12.2 Å². The molecule has 1 aromatic heterocycles. The number of carbonyl (C=O) groups excluding carboxylic acids is 4. The third-order valence-corrected chi connectivity index (χ3v) is 6.44. The fraction of sp³-hybridized carbons (Fsp3) is 0.345. The number of benzene rings is 2. The average Bonchev–Trinajstić information content (AvgIpc) is 2.91. The number of hydrogen-bond donors (Lipinski definition) is 1. The molecule has 4 rings (SSSR count). The van der Waals surface area contributed by atoms with Crippen molar-refractivity contribution in [2.45, 2.75) is 58.4 Å². The molecule has 1 fully saturated rings. The fourth-order valence-corrected chi connectivity index (χ4v) is 4.65. The Labute approximate surface area is 249 Å². The number of fused-ring (bicyclic) bond motifs is 1. The molecule has 43 heavy (non-hydrogen) atoms. The van der Waals surface area contributed by atoms with Gasteiger partial charge in [-0.1, -0.05) is 23.7 Å². The summed E-state index contributed by atoms with van der Waals surface area (Å²) in [5.41, 5.74) is 0.105. The van der Waals surface area contributed by atoms with Crippen LogP contribution in [0.1, 0.15) is 27.7 Å². The molecule has 0 amide bonds. The molecule has 2 aromatic carbocycles. The van der Waals surface area contributed by atoms with E-state index in [2.05, 4.69) is 0 Å². The predicted molar refractivity (Wildman–Crippen MR) is 147 cm³/mol. The lowest BCUT2D eigenvalue weighted by molar-refractivity contribution is -0.288. The quantitative estimate of drug-likeness (QED) is 0.288. The summed E-state index contributed by atoms with van der Waals surface area (Å²) in [6, 6.07) is 8.85. The maximum atomic E-state index is 13.2. The Morgan fingerprint density at radius 1 is 0.860 bits per heavy atom. The predicted octanol–water partition coefficient (Wildman–Crippen LogP) is 3.28. The molecule has 13 nitrogen and oxygen atoms in total. The second-order valence-corrected chi connectivity index (χ2v) is 9.92. The van der Waals surface area contributed by atoms with Crippen molar-refractivity contribution in [3.8, 4) is 22.6 Å². The molecular weight excluding hydrogens is 592 g/mol. The molecule has 0 unspecified atom stereocenters. The smallest absolute Gasteiger partial charge is 0.303 e. The highest BCUT2D eigenvalue weighted by Gasteiger charge is 2.53. The van der Waals surface area contributed by atoms with Gasteiger partial charge in [-0.2, -0.15) is 0 Å². The zero-order valence-corrected chi connectivity index (χ0v) is 24.1. The molecule has 1 aliphatic rings. The van der Waals surface area contributed by atoms with E-state index < -0.39 is 72.4 Å². The molecule has 1 N–H and O–H groups in total. The third-order valence-electron chi connectivity index (χ3n) is 6.19. The summed E-state index contributed by atoms with van der Waals surface area (Å²) in [4.78, 5) is 60.8. The third kappa shape index (κ3) is 7.43. The largest absolute Gasteiger partial charge is 0.507 e. The number of hydrogen-bond acceptors (Lipinski definition) is 13. The van der Waals surface area contributed by atoms with Crippen molar-refractivity contribution in [2.24, 2.45) is 0 Å². The van der Waals surface area contributed by atoms with Gasteiger partial charge in [-0.3, -0.25) is 24.0 Å². The Balaban J connectivity index is 1.74. The van der Waals surface area contributed by atoms with Gasteiger partial charge in [0.05, 0.1) is 5.56 Å². The van der Waals surface area contributed by atoms with E-state index in [0.29, 0.717) is 10.6 Å². The van der Waals surface area contributed by atoms with Gasteiger partial charge >= 0.3 is 23.9 Å².